The van der Waals surface area contributed by atoms with Crippen molar-refractivity contribution in [2.45, 2.75) is 58.4 Å². The molecule has 3 heteroatoms. The highest BCUT2D eigenvalue weighted by molar-refractivity contribution is 5.73. The van der Waals surface area contributed by atoms with Gasteiger partial charge in [-0.2, -0.15) is 0 Å². The fraction of sp³-hybridized carbons (Fsp3) is 0.933. The minimum Gasteiger partial charge on any atom is -0.341 e. The molecule has 1 N–H and O–H groups in total. The Morgan fingerprint density at radius 3 is 2.56 bits per heavy atom. The molecule has 0 bridgehead atoms. The van der Waals surface area contributed by atoms with Gasteiger partial charge in [0.15, 0.2) is 0 Å². The highest BCUT2D eigenvalue weighted by atomic mass is 16.2. The number of piperidine rings is 1. The average Bonchev–Trinajstić information content (AvgIpc) is 2.89. The first kappa shape index (κ1) is 13.9. The van der Waals surface area contributed by atoms with Crippen molar-refractivity contribution in [3.05, 3.63) is 0 Å². The van der Waals surface area contributed by atoms with Crippen LogP contribution in [0.25, 0.3) is 0 Å². The number of likely N-dealkylation sites (tertiary alicyclic amines) is 1. The molecule has 1 aliphatic carbocycles. The van der Waals surface area contributed by atoms with E-state index in [1.54, 1.807) is 6.92 Å². The van der Waals surface area contributed by atoms with Crippen LogP contribution in [0.3, 0.4) is 0 Å². The largest absolute Gasteiger partial charge is 0.341 e. The van der Waals surface area contributed by atoms with Crippen LogP contribution in [-0.4, -0.2) is 36.5 Å². The molecule has 0 spiro atoms. The number of amides is 1. The number of hydrogen-bond donors (Lipinski definition) is 1. The van der Waals surface area contributed by atoms with Crippen molar-refractivity contribution >= 4 is 5.91 Å². The van der Waals surface area contributed by atoms with E-state index in [1.165, 1.54) is 38.5 Å². The molecule has 18 heavy (non-hydrogen) atoms. The second-order valence-corrected chi connectivity index (χ2v) is 6.19. The van der Waals surface area contributed by atoms with Crippen LogP contribution in [0.4, 0.5) is 0 Å². The Morgan fingerprint density at radius 2 is 1.94 bits per heavy atom. The summed E-state index contributed by atoms with van der Waals surface area (Å²) in [6, 6.07) is 0.521. The molecule has 0 radical (unpaired) electrons. The second-order valence-electron chi connectivity index (χ2n) is 6.19. The third kappa shape index (κ3) is 3.71. The summed E-state index contributed by atoms with van der Waals surface area (Å²) in [6.07, 6.45) is 8.04. The predicted molar refractivity (Wildman–Crippen MR) is 74.4 cm³/mol. The molecule has 1 heterocycles. The van der Waals surface area contributed by atoms with E-state index in [-0.39, 0.29) is 5.91 Å². The van der Waals surface area contributed by atoms with Gasteiger partial charge in [0.1, 0.15) is 0 Å². The molecule has 1 saturated heterocycles. The van der Waals surface area contributed by atoms with Crippen LogP contribution in [-0.2, 0) is 4.79 Å². The lowest BCUT2D eigenvalue weighted by Crippen LogP contribution is -2.51. The number of nitrogens with zero attached hydrogens (tertiary/aromatic N) is 1. The smallest absolute Gasteiger partial charge is 0.219 e. The quantitative estimate of drug-likeness (QED) is 0.833. The van der Waals surface area contributed by atoms with Crippen molar-refractivity contribution in [1.29, 1.82) is 0 Å². The summed E-state index contributed by atoms with van der Waals surface area (Å²) in [5.41, 5.74) is 0. The van der Waals surface area contributed by atoms with Crippen molar-refractivity contribution in [2.24, 2.45) is 11.8 Å². The normalized spacial score (nSPS) is 29.8. The van der Waals surface area contributed by atoms with Crippen LogP contribution in [0.1, 0.15) is 52.4 Å². The molecule has 0 aromatic carbocycles. The summed E-state index contributed by atoms with van der Waals surface area (Å²) in [7, 11) is 0. The van der Waals surface area contributed by atoms with Crippen molar-refractivity contribution in [3.63, 3.8) is 0 Å². The van der Waals surface area contributed by atoms with Crippen molar-refractivity contribution < 1.29 is 4.79 Å². The van der Waals surface area contributed by atoms with Gasteiger partial charge in [0, 0.05) is 26.1 Å². The van der Waals surface area contributed by atoms with Gasteiger partial charge in [-0.15, -0.1) is 0 Å². The van der Waals surface area contributed by atoms with Crippen LogP contribution < -0.4 is 5.32 Å². The summed E-state index contributed by atoms with van der Waals surface area (Å²) >= 11 is 0. The molecule has 2 unspecified atom stereocenters. The van der Waals surface area contributed by atoms with Crippen molar-refractivity contribution in [3.8, 4) is 0 Å². The lowest BCUT2D eigenvalue weighted by Gasteiger charge is -2.38. The zero-order chi connectivity index (χ0) is 13.0. The van der Waals surface area contributed by atoms with E-state index in [1.807, 2.05) is 4.90 Å². The maximum absolute atomic E-state index is 11.6. The first-order chi connectivity index (χ1) is 8.69. The summed E-state index contributed by atoms with van der Waals surface area (Å²) < 4.78 is 0. The molecule has 2 fully saturated rings. The van der Waals surface area contributed by atoms with Gasteiger partial charge in [-0.05, 0) is 37.6 Å². The highest BCUT2D eigenvalue weighted by Gasteiger charge is 2.28. The van der Waals surface area contributed by atoms with E-state index in [2.05, 4.69) is 12.2 Å². The van der Waals surface area contributed by atoms with E-state index in [0.29, 0.717) is 12.0 Å². The second kappa shape index (κ2) is 6.55. The Hall–Kier alpha value is -0.570. The molecule has 3 nitrogen and oxygen atoms in total. The Labute approximate surface area is 111 Å². The van der Waals surface area contributed by atoms with Gasteiger partial charge in [-0.1, -0.05) is 26.2 Å². The number of nitrogens with one attached hydrogen (secondary N) is 1. The SMILES string of the molecule is CCC1CC(NCC2CCCC2)CN(C(C)=O)C1. The lowest BCUT2D eigenvalue weighted by molar-refractivity contribution is -0.131. The van der Waals surface area contributed by atoms with E-state index in [0.717, 1.165) is 25.6 Å². The predicted octanol–water partition coefficient (Wildman–Crippen LogP) is 2.41. The molecule has 2 atom stereocenters. The van der Waals surface area contributed by atoms with Crippen LogP contribution in [0.15, 0.2) is 0 Å². The monoisotopic (exact) mass is 252 g/mol. The Bertz CT molecular complexity index is 274. The Balaban J connectivity index is 1.80. The topological polar surface area (TPSA) is 32.3 Å². The van der Waals surface area contributed by atoms with Gasteiger partial charge in [0.25, 0.3) is 0 Å². The molecule has 2 aliphatic rings. The Kier molecular flexibility index (Phi) is 5.04. The van der Waals surface area contributed by atoms with Gasteiger partial charge >= 0.3 is 0 Å². The highest BCUT2D eigenvalue weighted by Crippen LogP contribution is 2.25. The standard InChI is InChI=1S/C15H28N2O/c1-3-13-8-15(11-17(10-13)12(2)18)16-9-14-6-4-5-7-14/h13-16H,3-11H2,1-2H3. The van der Waals surface area contributed by atoms with Gasteiger partial charge in [0.2, 0.25) is 5.91 Å². The van der Waals surface area contributed by atoms with Gasteiger partial charge in [0.05, 0.1) is 0 Å². The summed E-state index contributed by atoms with van der Waals surface area (Å²) in [5.74, 6) is 1.81. The zero-order valence-electron chi connectivity index (χ0n) is 12.0. The number of hydrogen-bond acceptors (Lipinski definition) is 2. The number of carbonyl (C=O) groups is 1. The van der Waals surface area contributed by atoms with E-state index in [4.69, 9.17) is 0 Å². The maximum atomic E-state index is 11.6. The summed E-state index contributed by atoms with van der Waals surface area (Å²) in [6.45, 7) is 6.98. The molecule has 2 rings (SSSR count). The van der Waals surface area contributed by atoms with Crippen LogP contribution in [0, 0.1) is 11.8 Å². The minimum atomic E-state index is 0.237. The molecule has 1 aliphatic heterocycles. The van der Waals surface area contributed by atoms with E-state index in [9.17, 15) is 4.79 Å². The lowest BCUT2D eigenvalue weighted by atomic mass is 9.91. The molecule has 0 aromatic rings. The van der Waals surface area contributed by atoms with Gasteiger partial charge in [-0.25, -0.2) is 0 Å². The van der Waals surface area contributed by atoms with Crippen molar-refractivity contribution in [1.82, 2.24) is 10.2 Å². The van der Waals surface area contributed by atoms with Crippen molar-refractivity contribution in [2.75, 3.05) is 19.6 Å². The third-order valence-corrected chi connectivity index (χ3v) is 4.73. The molecular formula is C15H28N2O. The fourth-order valence-electron chi connectivity index (χ4n) is 3.45. The van der Waals surface area contributed by atoms with Crippen LogP contribution in [0.2, 0.25) is 0 Å². The molecule has 0 aromatic heterocycles. The number of rotatable bonds is 4. The molecule has 1 amide bonds. The average molecular weight is 252 g/mol. The van der Waals surface area contributed by atoms with Gasteiger partial charge < -0.3 is 10.2 Å². The molecule has 104 valence electrons. The minimum absolute atomic E-state index is 0.237. The first-order valence-electron chi connectivity index (χ1n) is 7.68. The van der Waals surface area contributed by atoms with E-state index < -0.39 is 0 Å². The summed E-state index contributed by atoms with van der Waals surface area (Å²) in [5, 5.41) is 3.72. The molecular weight excluding hydrogens is 224 g/mol. The van der Waals surface area contributed by atoms with Gasteiger partial charge in [-0.3, -0.25) is 4.79 Å². The Morgan fingerprint density at radius 1 is 1.22 bits per heavy atom. The zero-order valence-corrected chi connectivity index (χ0v) is 12.0. The first-order valence-corrected chi connectivity index (χ1v) is 7.68. The van der Waals surface area contributed by atoms with Crippen LogP contribution in [0.5, 0.6) is 0 Å². The molecule has 1 saturated carbocycles. The summed E-state index contributed by atoms with van der Waals surface area (Å²) in [4.78, 5) is 13.6. The van der Waals surface area contributed by atoms with E-state index >= 15 is 0 Å². The fourth-order valence-corrected chi connectivity index (χ4v) is 3.45. The van der Waals surface area contributed by atoms with Crippen LogP contribution >= 0.6 is 0 Å². The third-order valence-electron chi connectivity index (χ3n) is 4.73. The number of carbonyl (C=O) groups excluding carboxylic acids is 1. The maximum Gasteiger partial charge on any atom is 0.219 e.